The average Bonchev–Trinajstić information content (AvgIpc) is 2.30. The van der Waals surface area contributed by atoms with Gasteiger partial charge < -0.3 is 5.11 Å². The molecule has 1 N–H and O–H groups in total. The Balaban J connectivity index is 2.75. The number of carbonyl (C=O) groups is 1. The summed E-state index contributed by atoms with van der Waals surface area (Å²) in [5.74, 6) is -0.755. The fourth-order valence-electron chi connectivity index (χ4n) is 2.90. The summed E-state index contributed by atoms with van der Waals surface area (Å²) in [6, 6.07) is 0.751. The summed E-state index contributed by atoms with van der Waals surface area (Å²) in [5, 5.41) is 9.28. The average molecular weight is 227 g/mol. The highest BCUT2D eigenvalue weighted by atomic mass is 16.4. The van der Waals surface area contributed by atoms with Gasteiger partial charge >= 0.3 is 5.97 Å². The monoisotopic (exact) mass is 227 g/mol. The van der Waals surface area contributed by atoms with Gasteiger partial charge in [0.2, 0.25) is 0 Å². The fourth-order valence-corrected chi connectivity index (χ4v) is 2.90. The summed E-state index contributed by atoms with van der Waals surface area (Å²) in [5.41, 5.74) is 0. The minimum absolute atomic E-state index is 0.150. The van der Waals surface area contributed by atoms with Crippen molar-refractivity contribution in [3.63, 3.8) is 0 Å². The van der Waals surface area contributed by atoms with Gasteiger partial charge in [-0.25, -0.2) is 0 Å². The van der Waals surface area contributed by atoms with Crippen LogP contribution < -0.4 is 0 Å². The van der Waals surface area contributed by atoms with E-state index < -0.39 is 5.97 Å². The van der Waals surface area contributed by atoms with Crippen molar-refractivity contribution in [2.24, 2.45) is 5.92 Å². The summed E-state index contributed by atoms with van der Waals surface area (Å²) < 4.78 is 0. The normalized spacial score (nSPS) is 28.0. The van der Waals surface area contributed by atoms with Gasteiger partial charge in [0.05, 0.1) is 5.92 Å². The molecule has 16 heavy (non-hydrogen) atoms. The lowest BCUT2D eigenvalue weighted by Gasteiger charge is -2.40. The lowest BCUT2D eigenvalue weighted by atomic mass is 9.83. The maximum Gasteiger partial charge on any atom is 0.308 e. The van der Waals surface area contributed by atoms with Gasteiger partial charge in [-0.2, -0.15) is 0 Å². The fraction of sp³-hybridized carbons (Fsp3) is 0.923. The van der Waals surface area contributed by atoms with Crippen molar-refractivity contribution in [2.45, 2.75) is 65.0 Å². The van der Waals surface area contributed by atoms with Crippen LogP contribution in [0, 0.1) is 5.92 Å². The quantitative estimate of drug-likeness (QED) is 0.785. The van der Waals surface area contributed by atoms with Crippen molar-refractivity contribution in [1.29, 1.82) is 0 Å². The lowest BCUT2D eigenvalue weighted by molar-refractivity contribution is -0.146. The molecule has 3 nitrogen and oxygen atoms in total. The Hall–Kier alpha value is -0.570. The second-order valence-corrected chi connectivity index (χ2v) is 4.88. The Morgan fingerprint density at radius 3 is 2.50 bits per heavy atom. The standard InChI is InChI=1S/C13H25NO2/c1-4-10(3)14(5-2)12-9-7-6-8-11(12)13(15)16/h10-12H,4-9H2,1-3H3,(H,15,16). The first-order valence-corrected chi connectivity index (χ1v) is 6.60. The van der Waals surface area contributed by atoms with Crippen LogP contribution in [-0.2, 0) is 4.79 Å². The molecule has 94 valence electrons. The van der Waals surface area contributed by atoms with Crippen LogP contribution in [0.3, 0.4) is 0 Å². The molecular formula is C13H25NO2. The molecule has 0 amide bonds. The largest absolute Gasteiger partial charge is 0.481 e. The number of carboxylic acid groups (broad SMARTS) is 1. The number of rotatable bonds is 5. The Morgan fingerprint density at radius 1 is 1.38 bits per heavy atom. The molecule has 3 heteroatoms. The number of carboxylic acids is 1. The molecule has 0 aromatic carbocycles. The molecule has 1 aliphatic rings. The maximum absolute atomic E-state index is 11.3. The van der Waals surface area contributed by atoms with Gasteiger partial charge in [0, 0.05) is 12.1 Å². The number of hydrogen-bond acceptors (Lipinski definition) is 2. The van der Waals surface area contributed by atoms with E-state index in [4.69, 9.17) is 0 Å². The zero-order valence-corrected chi connectivity index (χ0v) is 10.8. The topological polar surface area (TPSA) is 40.5 Å². The maximum atomic E-state index is 11.3. The van der Waals surface area contributed by atoms with E-state index in [-0.39, 0.29) is 12.0 Å². The molecule has 1 aliphatic carbocycles. The third kappa shape index (κ3) is 2.97. The molecule has 0 aromatic heterocycles. The van der Waals surface area contributed by atoms with Crippen molar-refractivity contribution in [3.05, 3.63) is 0 Å². The first kappa shape index (κ1) is 13.5. The molecule has 0 heterocycles. The minimum Gasteiger partial charge on any atom is -0.481 e. The van der Waals surface area contributed by atoms with E-state index in [0.717, 1.165) is 32.2 Å². The lowest BCUT2D eigenvalue weighted by Crippen LogP contribution is -2.49. The zero-order valence-electron chi connectivity index (χ0n) is 10.8. The van der Waals surface area contributed by atoms with Crippen LogP contribution in [-0.4, -0.2) is 34.6 Å². The Kier molecular flexibility index (Phi) is 5.26. The molecule has 3 unspecified atom stereocenters. The Labute approximate surface area is 98.8 Å². The third-order valence-electron chi connectivity index (χ3n) is 3.99. The summed E-state index contributed by atoms with van der Waals surface area (Å²) in [7, 11) is 0. The minimum atomic E-state index is -0.605. The predicted octanol–water partition coefficient (Wildman–Crippen LogP) is 2.75. The molecular weight excluding hydrogens is 202 g/mol. The van der Waals surface area contributed by atoms with Gasteiger partial charge in [0.1, 0.15) is 0 Å². The van der Waals surface area contributed by atoms with Crippen LogP contribution in [0.5, 0.6) is 0 Å². The molecule has 0 aromatic rings. The third-order valence-corrected chi connectivity index (χ3v) is 3.99. The molecule has 0 radical (unpaired) electrons. The highest BCUT2D eigenvalue weighted by Gasteiger charge is 2.35. The van der Waals surface area contributed by atoms with Gasteiger partial charge in [0.25, 0.3) is 0 Å². The van der Waals surface area contributed by atoms with Crippen molar-refractivity contribution in [1.82, 2.24) is 4.90 Å². The van der Waals surface area contributed by atoms with Crippen molar-refractivity contribution in [2.75, 3.05) is 6.54 Å². The second kappa shape index (κ2) is 6.24. The van der Waals surface area contributed by atoms with Gasteiger partial charge in [-0.1, -0.05) is 26.7 Å². The van der Waals surface area contributed by atoms with Crippen LogP contribution in [0.1, 0.15) is 52.9 Å². The number of aliphatic carboxylic acids is 1. The molecule has 1 saturated carbocycles. The van der Waals surface area contributed by atoms with Gasteiger partial charge in [-0.15, -0.1) is 0 Å². The zero-order chi connectivity index (χ0) is 12.1. The predicted molar refractivity (Wildman–Crippen MR) is 65.5 cm³/mol. The molecule has 0 spiro atoms. The summed E-state index contributed by atoms with van der Waals surface area (Å²) in [6.07, 6.45) is 5.26. The van der Waals surface area contributed by atoms with Crippen molar-refractivity contribution in [3.8, 4) is 0 Å². The summed E-state index contributed by atoms with van der Waals surface area (Å²) in [6.45, 7) is 7.48. The van der Waals surface area contributed by atoms with Gasteiger partial charge in [-0.05, 0) is 32.7 Å². The number of hydrogen-bond donors (Lipinski definition) is 1. The summed E-state index contributed by atoms with van der Waals surface area (Å²) >= 11 is 0. The summed E-state index contributed by atoms with van der Waals surface area (Å²) in [4.78, 5) is 13.7. The smallest absolute Gasteiger partial charge is 0.308 e. The van der Waals surface area contributed by atoms with Gasteiger partial charge in [0.15, 0.2) is 0 Å². The highest BCUT2D eigenvalue weighted by Crippen LogP contribution is 2.30. The Bertz CT molecular complexity index is 230. The first-order valence-electron chi connectivity index (χ1n) is 6.60. The molecule has 0 aliphatic heterocycles. The van der Waals surface area contributed by atoms with Crippen LogP contribution >= 0.6 is 0 Å². The van der Waals surface area contributed by atoms with Crippen molar-refractivity contribution >= 4 is 5.97 Å². The molecule has 0 bridgehead atoms. The van der Waals surface area contributed by atoms with Crippen LogP contribution in [0.4, 0.5) is 0 Å². The van der Waals surface area contributed by atoms with Gasteiger partial charge in [-0.3, -0.25) is 9.69 Å². The van der Waals surface area contributed by atoms with Crippen molar-refractivity contribution < 1.29 is 9.90 Å². The molecule has 3 atom stereocenters. The highest BCUT2D eigenvalue weighted by molar-refractivity contribution is 5.71. The van der Waals surface area contributed by atoms with E-state index in [2.05, 4.69) is 25.7 Å². The van der Waals surface area contributed by atoms with Crippen LogP contribution in [0.2, 0.25) is 0 Å². The SMILES string of the molecule is CCC(C)N(CC)C1CCCCC1C(=O)O. The number of nitrogens with zero attached hydrogens (tertiary/aromatic N) is 1. The van der Waals surface area contributed by atoms with E-state index in [1.54, 1.807) is 0 Å². The van der Waals surface area contributed by atoms with E-state index in [1.165, 1.54) is 6.42 Å². The Morgan fingerprint density at radius 2 is 2.00 bits per heavy atom. The van der Waals surface area contributed by atoms with E-state index >= 15 is 0 Å². The molecule has 0 saturated heterocycles. The van der Waals surface area contributed by atoms with E-state index in [9.17, 15) is 9.90 Å². The molecule has 1 fully saturated rings. The van der Waals surface area contributed by atoms with Crippen LogP contribution in [0.15, 0.2) is 0 Å². The second-order valence-electron chi connectivity index (χ2n) is 4.88. The van der Waals surface area contributed by atoms with E-state index in [0.29, 0.717) is 6.04 Å². The van der Waals surface area contributed by atoms with E-state index in [1.807, 2.05) is 0 Å². The first-order chi connectivity index (χ1) is 7.61. The van der Waals surface area contributed by atoms with Crippen LogP contribution in [0.25, 0.3) is 0 Å². The molecule has 1 rings (SSSR count).